The van der Waals surface area contributed by atoms with Crippen molar-refractivity contribution in [1.82, 2.24) is 0 Å². The zero-order valence-corrected chi connectivity index (χ0v) is 25.6. The Morgan fingerprint density at radius 2 is 1.59 bits per heavy atom. The van der Waals surface area contributed by atoms with Gasteiger partial charge in [-0.25, -0.2) is 0 Å². The van der Waals surface area contributed by atoms with Gasteiger partial charge in [0.05, 0.1) is 7.11 Å². The van der Waals surface area contributed by atoms with Crippen molar-refractivity contribution in [3.05, 3.63) is 88.5 Å². The molecule has 3 aromatic rings. The van der Waals surface area contributed by atoms with E-state index in [-0.39, 0.29) is 18.1 Å². The first kappa shape index (κ1) is 29.5. The maximum Gasteiger partial charge on any atom is 0.266 e. The Morgan fingerprint density at radius 1 is 0.909 bits per heavy atom. The highest BCUT2D eigenvalue weighted by Gasteiger charge is 2.51. The van der Waals surface area contributed by atoms with E-state index in [1.165, 1.54) is 57.3 Å². The van der Waals surface area contributed by atoms with Gasteiger partial charge >= 0.3 is 0 Å². The van der Waals surface area contributed by atoms with Crippen LogP contribution in [0.25, 0.3) is 6.08 Å². The van der Waals surface area contributed by atoms with E-state index < -0.39 is 5.91 Å². The highest BCUT2D eigenvalue weighted by molar-refractivity contribution is 6.10. The molecule has 0 unspecified atom stereocenters. The zero-order chi connectivity index (χ0) is 30.8. The summed E-state index contributed by atoms with van der Waals surface area (Å²) in [5.74, 6) is 2.67. The van der Waals surface area contributed by atoms with Gasteiger partial charge in [0, 0.05) is 11.4 Å². The molecule has 0 heterocycles. The van der Waals surface area contributed by atoms with Gasteiger partial charge in [-0.05, 0) is 134 Å². The van der Waals surface area contributed by atoms with Crippen LogP contribution in [0.3, 0.4) is 0 Å². The summed E-state index contributed by atoms with van der Waals surface area (Å²) in [5.41, 5.74) is 5.62. The van der Waals surface area contributed by atoms with E-state index in [9.17, 15) is 14.9 Å². The topological polar surface area (TPSA) is 100 Å². The van der Waals surface area contributed by atoms with Gasteiger partial charge in [-0.3, -0.25) is 9.59 Å². The molecule has 0 spiro atoms. The van der Waals surface area contributed by atoms with E-state index in [1.54, 1.807) is 18.2 Å². The van der Waals surface area contributed by atoms with Crippen molar-refractivity contribution in [3.8, 4) is 17.6 Å². The summed E-state index contributed by atoms with van der Waals surface area (Å²) >= 11 is 0. The summed E-state index contributed by atoms with van der Waals surface area (Å²) in [6.07, 6.45) is 9.69. The van der Waals surface area contributed by atoms with Crippen LogP contribution in [-0.2, 0) is 15.0 Å². The van der Waals surface area contributed by atoms with E-state index >= 15 is 0 Å². The molecule has 0 saturated heterocycles. The van der Waals surface area contributed by atoms with Crippen molar-refractivity contribution in [3.63, 3.8) is 0 Å². The largest absolute Gasteiger partial charge is 0.493 e. The molecule has 3 aromatic carbocycles. The van der Waals surface area contributed by atoms with E-state index in [4.69, 9.17) is 9.47 Å². The standard InChI is InChI=1S/C37H39N3O4/c1-23-4-5-24(2)32(12-23)40-36(42)29(21-38)16-25-6-11-33(34(17-25)43-3)44-22-35(41)39-31-9-7-30(8-10-31)37-18-26-13-27(19-37)15-28(14-26)20-37/h4-12,16-17,26-28H,13-15,18-20,22H2,1-3H3,(H,39,41)(H,40,42)/b29-16-. The lowest BCUT2D eigenvalue weighted by molar-refractivity contribution is -0.118. The summed E-state index contributed by atoms with van der Waals surface area (Å²) in [4.78, 5) is 25.6. The lowest BCUT2D eigenvalue weighted by atomic mass is 9.48. The van der Waals surface area contributed by atoms with Crippen molar-refractivity contribution in [2.24, 2.45) is 17.8 Å². The van der Waals surface area contributed by atoms with Crippen molar-refractivity contribution in [1.29, 1.82) is 5.26 Å². The second-order valence-electron chi connectivity index (χ2n) is 13.0. The second-order valence-corrected chi connectivity index (χ2v) is 13.0. The second kappa shape index (κ2) is 12.2. The number of nitrogens with zero attached hydrogens (tertiary/aromatic N) is 1. The number of hydrogen-bond acceptors (Lipinski definition) is 5. The predicted octanol–water partition coefficient (Wildman–Crippen LogP) is 7.34. The summed E-state index contributed by atoms with van der Waals surface area (Å²) < 4.78 is 11.3. The molecule has 2 N–H and O–H groups in total. The molecule has 44 heavy (non-hydrogen) atoms. The van der Waals surface area contributed by atoms with Crippen molar-refractivity contribution >= 4 is 29.3 Å². The fraction of sp³-hybridized carbons (Fsp3) is 0.378. The quantitative estimate of drug-likeness (QED) is 0.201. The normalized spacial score (nSPS) is 23.5. The minimum Gasteiger partial charge on any atom is -0.493 e. The molecule has 7 heteroatoms. The molecule has 0 atom stereocenters. The number of benzene rings is 3. The van der Waals surface area contributed by atoms with Gasteiger partial charge in [0.25, 0.3) is 11.8 Å². The van der Waals surface area contributed by atoms with Gasteiger partial charge in [0.1, 0.15) is 11.6 Å². The zero-order valence-electron chi connectivity index (χ0n) is 25.6. The molecular formula is C37H39N3O4. The van der Waals surface area contributed by atoms with Crippen LogP contribution >= 0.6 is 0 Å². The number of carbonyl (C=O) groups is 2. The summed E-state index contributed by atoms with van der Waals surface area (Å²) in [7, 11) is 1.50. The van der Waals surface area contributed by atoms with Gasteiger partial charge < -0.3 is 20.1 Å². The molecule has 7 rings (SSSR count). The number of nitriles is 1. The van der Waals surface area contributed by atoms with Gasteiger partial charge in [-0.2, -0.15) is 5.26 Å². The minimum absolute atomic E-state index is 0.0461. The van der Waals surface area contributed by atoms with E-state index in [0.717, 1.165) is 34.6 Å². The fourth-order valence-corrected chi connectivity index (χ4v) is 7.98. The average molecular weight is 590 g/mol. The molecule has 226 valence electrons. The Balaban J connectivity index is 1.06. The van der Waals surface area contributed by atoms with Crippen molar-refractivity contribution in [2.75, 3.05) is 24.4 Å². The first-order valence-electron chi connectivity index (χ1n) is 15.5. The van der Waals surface area contributed by atoms with Crippen LogP contribution in [0.1, 0.15) is 60.8 Å². The predicted molar refractivity (Wildman–Crippen MR) is 172 cm³/mol. The van der Waals surface area contributed by atoms with Crippen LogP contribution < -0.4 is 20.1 Å². The van der Waals surface area contributed by atoms with Crippen LogP contribution in [0.4, 0.5) is 11.4 Å². The molecule has 4 aliphatic rings. The number of nitrogens with one attached hydrogen (secondary N) is 2. The number of anilines is 2. The third kappa shape index (κ3) is 6.21. The molecule has 7 nitrogen and oxygen atoms in total. The number of ether oxygens (including phenoxy) is 2. The van der Waals surface area contributed by atoms with Gasteiger partial charge in [-0.15, -0.1) is 0 Å². The molecule has 0 radical (unpaired) electrons. The molecule has 0 aliphatic heterocycles. The average Bonchev–Trinajstić information content (AvgIpc) is 3.00. The van der Waals surface area contributed by atoms with Crippen LogP contribution in [0.15, 0.2) is 66.2 Å². The first-order chi connectivity index (χ1) is 21.2. The lowest BCUT2D eigenvalue weighted by Crippen LogP contribution is -2.48. The van der Waals surface area contributed by atoms with Crippen LogP contribution in [0.2, 0.25) is 0 Å². The number of amides is 2. The first-order valence-corrected chi connectivity index (χ1v) is 15.5. The molecule has 4 fully saturated rings. The van der Waals surface area contributed by atoms with Gasteiger partial charge in [0.2, 0.25) is 0 Å². The maximum absolute atomic E-state index is 12.8. The molecule has 4 bridgehead atoms. The number of rotatable bonds is 9. The number of methoxy groups -OCH3 is 1. The minimum atomic E-state index is -0.497. The molecule has 2 amide bonds. The number of aryl methyl sites for hydroxylation is 2. The van der Waals surface area contributed by atoms with Gasteiger partial charge in [0.15, 0.2) is 18.1 Å². The number of carbonyl (C=O) groups excluding carboxylic acids is 2. The van der Waals surface area contributed by atoms with E-state index in [2.05, 4.69) is 22.8 Å². The van der Waals surface area contributed by atoms with Crippen LogP contribution in [0.5, 0.6) is 11.5 Å². The fourth-order valence-electron chi connectivity index (χ4n) is 7.98. The molecular weight excluding hydrogens is 550 g/mol. The summed E-state index contributed by atoms with van der Waals surface area (Å²) in [5, 5.41) is 15.4. The Morgan fingerprint density at radius 3 is 2.23 bits per heavy atom. The highest BCUT2D eigenvalue weighted by atomic mass is 16.5. The highest BCUT2D eigenvalue weighted by Crippen LogP contribution is 2.60. The van der Waals surface area contributed by atoms with Gasteiger partial charge in [-0.1, -0.05) is 30.3 Å². The Bertz CT molecular complexity index is 1610. The third-order valence-corrected chi connectivity index (χ3v) is 9.68. The monoisotopic (exact) mass is 589 g/mol. The maximum atomic E-state index is 12.8. The molecule has 4 saturated carbocycles. The Labute approximate surface area is 259 Å². The molecule has 4 aliphatic carbocycles. The summed E-state index contributed by atoms with van der Waals surface area (Å²) in [6, 6.07) is 21.2. The Kier molecular flexibility index (Phi) is 8.18. The Hall–Kier alpha value is -4.57. The third-order valence-electron chi connectivity index (χ3n) is 9.68. The summed E-state index contributed by atoms with van der Waals surface area (Å²) in [6.45, 7) is 3.65. The van der Waals surface area contributed by atoms with Crippen LogP contribution in [0, 0.1) is 42.9 Å². The SMILES string of the molecule is COc1cc(/C=C(/C#N)C(=O)Nc2cc(C)ccc2C)ccc1OCC(=O)Nc1ccc(C23CC4CC(CC(C4)C2)C3)cc1. The smallest absolute Gasteiger partial charge is 0.266 e. The lowest BCUT2D eigenvalue weighted by Gasteiger charge is -2.57. The van der Waals surface area contributed by atoms with Crippen molar-refractivity contribution in [2.45, 2.75) is 57.8 Å². The number of hydrogen-bond donors (Lipinski definition) is 2. The van der Waals surface area contributed by atoms with E-state index in [1.807, 2.05) is 50.2 Å². The van der Waals surface area contributed by atoms with E-state index in [0.29, 0.717) is 28.2 Å². The molecule has 0 aromatic heterocycles. The van der Waals surface area contributed by atoms with Crippen LogP contribution in [-0.4, -0.2) is 25.5 Å². The van der Waals surface area contributed by atoms with Crippen molar-refractivity contribution < 1.29 is 19.1 Å².